The number of hydrogen-bond acceptors (Lipinski definition) is 4. The second-order valence-electron chi connectivity index (χ2n) is 8.09. The van der Waals surface area contributed by atoms with Gasteiger partial charge in [-0.05, 0) is 36.3 Å². The number of benzene rings is 1. The van der Waals surface area contributed by atoms with E-state index in [0.29, 0.717) is 24.2 Å². The molecule has 3 N–H and O–H groups in total. The monoisotopic (exact) mass is 408 g/mol. The van der Waals surface area contributed by atoms with E-state index in [9.17, 15) is 14.4 Å². The molecule has 2 heterocycles. The van der Waals surface area contributed by atoms with Gasteiger partial charge in [0.05, 0.1) is 0 Å². The lowest BCUT2D eigenvalue weighted by Gasteiger charge is -2.26. The number of nitrogens with zero attached hydrogens (tertiary/aromatic N) is 2. The zero-order valence-corrected chi connectivity index (χ0v) is 16.7. The molecule has 3 aromatic rings. The van der Waals surface area contributed by atoms with Crippen LogP contribution in [0.2, 0.25) is 0 Å². The van der Waals surface area contributed by atoms with E-state index < -0.39 is 11.7 Å². The first-order valence-corrected chi connectivity index (χ1v) is 10.1. The van der Waals surface area contributed by atoms with Gasteiger partial charge in [0.2, 0.25) is 0 Å². The van der Waals surface area contributed by atoms with Crippen molar-refractivity contribution in [2.75, 3.05) is 0 Å². The van der Waals surface area contributed by atoms with E-state index in [-0.39, 0.29) is 16.7 Å². The summed E-state index contributed by atoms with van der Waals surface area (Å²) < 4.78 is 1.28. The van der Waals surface area contributed by atoms with Crippen molar-refractivity contribution in [1.82, 2.24) is 19.5 Å². The molecule has 4 rings (SSSR count). The number of aliphatic carboxylic acids is 1. The van der Waals surface area contributed by atoms with Crippen molar-refractivity contribution in [2.24, 2.45) is 11.8 Å². The Hall–Kier alpha value is -3.42. The van der Waals surface area contributed by atoms with E-state index in [4.69, 9.17) is 5.11 Å². The minimum atomic E-state index is -1.01. The van der Waals surface area contributed by atoms with Gasteiger partial charge in [-0.2, -0.15) is 0 Å². The Kier molecular flexibility index (Phi) is 5.39. The van der Waals surface area contributed by atoms with Gasteiger partial charge in [-0.25, -0.2) is 14.6 Å². The molecule has 156 valence electrons. The number of rotatable bonds is 5. The molecular formula is C22H24N4O4. The van der Waals surface area contributed by atoms with E-state index in [1.54, 1.807) is 24.3 Å². The lowest BCUT2D eigenvalue weighted by molar-refractivity contribution is -0.131. The predicted molar refractivity (Wildman–Crippen MR) is 114 cm³/mol. The fraction of sp³-hybridized carbons (Fsp3) is 0.364. The largest absolute Gasteiger partial charge is 0.478 e. The molecule has 0 amide bonds. The number of hydrogen-bond donors (Lipinski definition) is 3. The molecule has 1 fully saturated rings. The van der Waals surface area contributed by atoms with Crippen molar-refractivity contribution in [3.8, 4) is 11.4 Å². The topological polar surface area (TPSA) is 121 Å². The first kappa shape index (κ1) is 19.9. The van der Waals surface area contributed by atoms with Crippen molar-refractivity contribution in [3.63, 3.8) is 0 Å². The van der Waals surface area contributed by atoms with E-state index >= 15 is 0 Å². The first-order chi connectivity index (χ1) is 14.4. The van der Waals surface area contributed by atoms with Gasteiger partial charge in [0.15, 0.2) is 5.65 Å². The number of carboxylic acid groups (broad SMARTS) is 1. The maximum absolute atomic E-state index is 13.0. The fourth-order valence-corrected chi connectivity index (χ4v) is 4.22. The Morgan fingerprint density at radius 2 is 2.00 bits per heavy atom. The van der Waals surface area contributed by atoms with Crippen molar-refractivity contribution in [2.45, 2.75) is 39.2 Å². The van der Waals surface area contributed by atoms with Crippen LogP contribution in [0, 0.1) is 11.8 Å². The molecule has 1 saturated carbocycles. The average molecular weight is 408 g/mol. The standard InChI is InChI=1S/C22H24N4O4/c1-13-3-2-4-15(11-13)12-26-21(29)18-20(25-22(26)30)24-19(23-18)16-8-5-14(6-9-16)7-10-17(27)28/h5-10,13,15H,2-4,11-12H2,1H3,(H,23,24)(H,25,30)(H,27,28)/b10-7+. The smallest absolute Gasteiger partial charge is 0.330 e. The van der Waals surface area contributed by atoms with Crippen molar-refractivity contribution >= 4 is 23.2 Å². The van der Waals surface area contributed by atoms with Crippen LogP contribution in [0.25, 0.3) is 28.6 Å². The van der Waals surface area contributed by atoms with Crippen LogP contribution in [0.3, 0.4) is 0 Å². The summed E-state index contributed by atoms with van der Waals surface area (Å²) in [5, 5.41) is 8.71. The summed E-state index contributed by atoms with van der Waals surface area (Å²) >= 11 is 0. The molecule has 8 heteroatoms. The third-order valence-electron chi connectivity index (χ3n) is 5.72. The molecular weight excluding hydrogens is 384 g/mol. The zero-order valence-electron chi connectivity index (χ0n) is 16.7. The Morgan fingerprint density at radius 3 is 2.70 bits per heavy atom. The number of fused-ring (bicyclic) bond motifs is 1. The van der Waals surface area contributed by atoms with Crippen LogP contribution >= 0.6 is 0 Å². The Morgan fingerprint density at radius 1 is 1.23 bits per heavy atom. The molecule has 8 nitrogen and oxygen atoms in total. The third-order valence-corrected chi connectivity index (χ3v) is 5.72. The molecule has 1 aromatic carbocycles. The molecule has 2 unspecified atom stereocenters. The summed E-state index contributed by atoms with van der Waals surface area (Å²) in [7, 11) is 0. The van der Waals surface area contributed by atoms with Gasteiger partial charge < -0.3 is 10.1 Å². The normalized spacial score (nSPS) is 19.5. The molecule has 0 radical (unpaired) electrons. The van der Waals surface area contributed by atoms with Crippen LogP contribution in [-0.2, 0) is 11.3 Å². The van der Waals surface area contributed by atoms with Crippen LogP contribution in [0.5, 0.6) is 0 Å². The van der Waals surface area contributed by atoms with Gasteiger partial charge in [-0.1, -0.05) is 44.0 Å². The highest BCUT2D eigenvalue weighted by Crippen LogP contribution is 2.29. The molecule has 2 atom stereocenters. The van der Waals surface area contributed by atoms with Crippen molar-refractivity contribution in [1.29, 1.82) is 0 Å². The number of imidazole rings is 1. The van der Waals surface area contributed by atoms with Gasteiger partial charge in [-0.15, -0.1) is 0 Å². The fourth-order valence-electron chi connectivity index (χ4n) is 4.22. The maximum Gasteiger partial charge on any atom is 0.330 e. The SMILES string of the molecule is CC1CCCC(Cn2c(=O)[nH]c3nc(-c4ccc(/C=C/C(=O)O)cc4)[nH]c3c2=O)C1. The van der Waals surface area contributed by atoms with Crippen molar-refractivity contribution in [3.05, 3.63) is 56.7 Å². The average Bonchev–Trinajstić information content (AvgIpc) is 3.14. The predicted octanol–water partition coefficient (Wildman–Crippen LogP) is 3.00. The van der Waals surface area contributed by atoms with E-state index in [1.165, 1.54) is 17.1 Å². The summed E-state index contributed by atoms with van der Waals surface area (Å²) in [6.45, 7) is 2.64. The van der Waals surface area contributed by atoms with Crippen LogP contribution in [-0.4, -0.2) is 30.6 Å². The number of carbonyl (C=O) groups is 1. The van der Waals surface area contributed by atoms with E-state index in [2.05, 4.69) is 21.9 Å². The molecule has 1 aliphatic carbocycles. The molecule has 0 spiro atoms. The minimum absolute atomic E-state index is 0.239. The van der Waals surface area contributed by atoms with Gasteiger partial charge in [0.25, 0.3) is 5.56 Å². The molecule has 2 aromatic heterocycles. The summed E-state index contributed by atoms with van der Waals surface area (Å²) in [5.74, 6) is 0.406. The summed E-state index contributed by atoms with van der Waals surface area (Å²) in [5.41, 5.74) is 1.19. The minimum Gasteiger partial charge on any atom is -0.478 e. The van der Waals surface area contributed by atoms with Crippen molar-refractivity contribution < 1.29 is 9.90 Å². The lowest BCUT2D eigenvalue weighted by Crippen LogP contribution is -2.38. The summed E-state index contributed by atoms with van der Waals surface area (Å²) in [4.78, 5) is 46.2. The molecule has 0 aliphatic heterocycles. The highest BCUT2D eigenvalue weighted by Gasteiger charge is 2.21. The van der Waals surface area contributed by atoms with E-state index in [0.717, 1.165) is 36.5 Å². The van der Waals surface area contributed by atoms with E-state index in [1.807, 2.05) is 0 Å². The van der Waals surface area contributed by atoms with Crippen LogP contribution in [0.4, 0.5) is 0 Å². The summed E-state index contributed by atoms with van der Waals surface area (Å²) in [6, 6.07) is 7.07. The Balaban J connectivity index is 1.64. The molecule has 30 heavy (non-hydrogen) atoms. The second kappa shape index (κ2) is 8.14. The highest BCUT2D eigenvalue weighted by atomic mass is 16.4. The van der Waals surface area contributed by atoms with Crippen LogP contribution < -0.4 is 11.2 Å². The Labute approximate surface area is 172 Å². The first-order valence-electron chi connectivity index (χ1n) is 10.1. The molecule has 0 saturated heterocycles. The quantitative estimate of drug-likeness (QED) is 0.561. The summed E-state index contributed by atoms with van der Waals surface area (Å²) in [6.07, 6.45) is 6.96. The van der Waals surface area contributed by atoms with Gasteiger partial charge in [0.1, 0.15) is 11.3 Å². The van der Waals surface area contributed by atoms with Crippen LogP contribution in [0.1, 0.15) is 38.2 Å². The number of nitrogens with one attached hydrogen (secondary N) is 2. The molecule has 1 aliphatic rings. The van der Waals surface area contributed by atoms with Gasteiger partial charge in [-0.3, -0.25) is 14.3 Å². The number of aromatic nitrogens is 4. The highest BCUT2D eigenvalue weighted by molar-refractivity contribution is 5.85. The third kappa shape index (κ3) is 4.12. The number of aromatic amines is 2. The van der Waals surface area contributed by atoms with Crippen LogP contribution in [0.15, 0.2) is 39.9 Å². The lowest BCUT2D eigenvalue weighted by atomic mass is 9.82. The van der Waals surface area contributed by atoms with Gasteiger partial charge >= 0.3 is 11.7 Å². The number of H-pyrrole nitrogens is 2. The zero-order chi connectivity index (χ0) is 21.3. The molecule has 0 bridgehead atoms. The maximum atomic E-state index is 13.0. The number of carboxylic acids is 1. The second-order valence-corrected chi connectivity index (χ2v) is 8.09. The Bertz CT molecular complexity index is 1220. The van der Waals surface area contributed by atoms with Gasteiger partial charge in [0, 0.05) is 18.2 Å².